The molecule has 1 aliphatic carbocycles. The minimum atomic E-state index is -0.894. The molecule has 0 amide bonds. The molecule has 0 saturated heterocycles. The van der Waals surface area contributed by atoms with Crippen LogP contribution in [0.4, 0.5) is 5.69 Å². The van der Waals surface area contributed by atoms with Gasteiger partial charge in [-0.1, -0.05) is 17.7 Å². The molecule has 102 valence electrons. The second-order valence-corrected chi connectivity index (χ2v) is 5.11. The molecule has 1 aliphatic rings. The van der Waals surface area contributed by atoms with Gasteiger partial charge >= 0.3 is 11.7 Å². The first-order valence-corrected chi connectivity index (χ1v) is 6.09. The van der Waals surface area contributed by atoms with E-state index in [1.165, 1.54) is 18.2 Å². The molecule has 0 atom stereocenters. The fraction of sp³-hybridized carbons (Fsp3) is 0.417. The van der Waals surface area contributed by atoms with E-state index < -0.39 is 16.3 Å². The third-order valence-corrected chi connectivity index (χ3v) is 3.45. The average Bonchev–Trinajstić information content (AvgIpc) is 3.06. The molecule has 2 rings (SSSR count). The van der Waals surface area contributed by atoms with E-state index in [4.69, 9.17) is 21.4 Å². The first-order chi connectivity index (χ1) is 8.93. The summed E-state index contributed by atoms with van der Waals surface area (Å²) in [6.07, 6.45) is 1.50. The molecule has 19 heavy (non-hydrogen) atoms. The normalized spacial score (nSPS) is 15.8. The minimum absolute atomic E-state index is 0.00521. The third kappa shape index (κ3) is 3.14. The summed E-state index contributed by atoms with van der Waals surface area (Å²) in [6.45, 7) is 0.129. The molecule has 1 saturated carbocycles. The van der Waals surface area contributed by atoms with Crippen molar-refractivity contribution in [1.29, 1.82) is 0 Å². The van der Waals surface area contributed by atoms with Gasteiger partial charge in [-0.2, -0.15) is 0 Å². The van der Waals surface area contributed by atoms with Gasteiger partial charge in [0.25, 0.3) is 0 Å². The molecule has 1 N–H and O–H groups in total. The lowest BCUT2D eigenvalue weighted by Gasteiger charge is -2.14. The van der Waals surface area contributed by atoms with Crippen LogP contribution in [0.1, 0.15) is 19.3 Å². The summed E-state index contributed by atoms with van der Waals surface area (Å²) in [5, 5.41) is 19.8. The van der Waals surface area contributed by atoms with Gasteiger partial charge in [0.1, 0.15) is 0 Å². The van der Waals surface area contributed by atoms with Crippen molar-refractivity contribution in [2.75, 3.05) is 6.61 Å². The topological polar surface area (TPSA) is 89.7 Å². The number of benzene rings is 1. The SMILES string of the molecule is O=C(O)CC1(COc2c(Cl)cccc2[N+](=O)[O-])CC1. The maximum absolute atomic E-state index is 10.9. The van der Waals surface area contributed by atoms with Gasteiger partial charge in [-0.05, 0) is 18.9 Å². The summed E-state index contributed by atoms with van der Waals surface area (Å²) in [5.41, 5.74) is -0.614. The molecule has 1 aromatic carbocycles. The summed E-state index contributed by atoms with van der Waals surface area (Å²) in [7, 11) is 0. The van der Waals surface area contributed by atoms with Crippen LogP contribution in [0.5, 0.6) is 5.75 Å². The zero-order valence-electron chi connectivity index (χ0n) is 9.97. The number of carbonyl (C=O) groups is 1. The fourth-order valence-electron chi connectivity index (χ4n) is 1.88. The Balaban J connectivity index is 2.12. The number of nitro groups is 1. The lowest BCUT2D eigenvalue weighted by Crippen LogP contribution is -2.17. The first-order valence-electron chi connectivity index (χ1n) is 5.71. The van der Waals surface area contributed by atoms with Gasteiger partial charge in [0.15, 0.2) is 0 Å². The number of halogens is 1. The Hall–Kier alpha value is -1.82. The van der Waals surface area contributed by atoms with Gasteiger partial charge in [0.2, 0.25) is 5.75 Å². The van der Waals surface area contributed by atoms with Crippen molar-refractivity contribution in [3.05, 3.63) is 33.3 Å². The van der Waals surface area contributed by atoms with Crippen LogP contribution in [-0.4, -0.2) is 22.6 Å². The molecule has 1 fully saturated rings. The average molecular weight is 286 g/mol. The van der Waals surface area contributed by atoms with E-state index in [1.54, 1.807) is 0 Å². The maximum atomic E-state index is 10.9. The Morgan fingerprint density at radius 1 is 1.53 bits per heavy atom. The van der Waals surface area contributed by atoms with Crippen LogP contribution < -0.4 is 4.74 Å². The Bertz CT molecular complexity index is 527. The largest absolute Gasteiger partial charge is 0.485 e. The summed E-state index contributed by atoms with van der Waals surface area (Å²) in [6, 6.07) is 4.27. The lowest BCUT2D eigenvalue weighted by atomic mass is 10.0. The molecule has 0 bridgehead atoms. The molecular formula is C12H12ClNO5. The molecule has 0 aromatic heterocycles. The highest BCUT2D eigenvalue weighted by molar-refractivity contribution is 6.32. The van der Waals surface area contributed by atoms with Crippen LogP contribution in [0.2, 0.25) is 5.02 Å². The quantitative estimate of drug-likeness (QED) is 0.641. The second kappa shape index (κ2) is 5.05. The number of hydrogen-bond acceptors (Lipinski definition) is 4. The predicted molar refractivity (Wildman–Crippen MR) is 67.5 cm³/mol. The second-order valence-electron chi connectivity index (χ2n) is 4.70. The zero-order valence-corrected chi connectivity index (χ0v) is 10.7. The molecule has 0 aliphatic heterocycles. The van der Waals surface area contributed by atoms with Crippen molar-refractivity contribution in [2.45, 2.75) is 19.3 Å². The van der Waals surface area contributed by atoms with Gasteiger partial charge in [-0.3, -0.25) is 14.9 Å². The van der Waals surface area contributed by atoms with Crippen molar-refractivity contribution in [3.63, 3.8) is 0 Å². The van der Waals surface area contributed by atoms with Gasteiger partial charge < -0.3 is 9.84 Å². The predicted octanol–water partition coefficient (Wildman–Crippen LogP) is 2.88. The molecule has 1 aromatic rings. The van der Waals surface area contributed by atoms with Crippen LogP contribution in [-0.2, 0) is 4.79 Å². The number of rotatable bonds is 6. The number of nitrogens with zero attached hydrogens (tertiary/aromatic N) is 1. The zero-order chi connectivity index (χ0) is 14.0. The van der Waals surface area contributed by atoms with Gasteiger partial charge in [0.05, 0.1) is 23.0 Å². The first kappa shape index (κ1) is 13.6. The highest BCUT2D eigenvalue weighted by Gasteiger charge is 2.45. The van der Waals surface area contributed by atoms with Gasteiger partial charge in [0, 0.05) is 11.5 Å². The van der Waals surface area contributed by atoms with Gasteiger partial charge in [-0.15, -0.1) is 0 Å². The number of ether oxygens (including phenoxy) is 1. The molecule has 7 heteroatoms. The van der Waals surface area contributed by atoms with E-state index in [0.717, 1.165) is 12.8 Å². The summed E-state index contributed by atoms with van der Waals surface area (Å²) < 4.78 is 5.42. The number of carboxylic acid groups (broad SMARTS) is 1. The van der Waals surface area contributed by atoms with E-state index in [9.17, 15) is 14.9 Å². The van der Waals surface area contributed by atoms with Crippen LogP contribution >= 0.6 is 11.6 Å². The third-order valence-electron chi connectivity index (χ3n) is 3.15. The molecule has 0 heterocycles. The van der Waals surface area contributed by atoms with Crippen LogP contribution in [0.3, 0.4) is 0 Å². The van der Waals surface area contributed by atoms with Crippen molar-refractivity contribution in [2.24, 2.45) is 5.41 Å². The number of hydrogen-bond donors (Lipinski definition) is 1. The maximum Gasteiger partial charge on any atom is 0.312 e. The van der Waals surface area contributed by atoms with E-state index in [0.29, 0.717) is 0 Å². The smallest absolute Gasteiger partial charge is 0.312 e. The Labute approximate surface area is 114 Å². The highest BCUT2D eigenvalue weighted by atomic mass is 35.5. The Kier molecular flexibility index (Phi) is 3.61. The van der Waals surface area contributed by atoms with Crippen LogP contribution in [0.15, 0.2) is 18.2 Å². The molecular weight excluding hydrogens is 274 g/mol. The van der Waals surface area contributed by atoms with Crippen LogP contribution in [0, 0.1) is 15.5 Å². The molecule has 0 radical (unpaired) electrons. The van der Waals surface area contributed by atoms with Crippen molar-refractivity contribution in [3.8, 4) is 5.75 Å². The summed E-state index contributed by atoms with van der Waals surface area (Å²) >= 11 is 5.88. The molecule has 0 unspecified atom stereocenters. The Morgan fingerprint density at radius 2 is 2.21 bits per heavy atom. The van der Waals surface area contributed by atoms with E-state index in [1.807, 2.05) is 0 Å². The van der Waals surface area contributed by atoms with E-state index in [-0.39, 0.29) is 29.5 Å². The number of para-hydroxylation sites is 1. The Morgan fingerprint density at radius 3 is 2.74 bits per heavy atom. The monoisotopic (exact) mass is 285 g/mol. The lowest BCUT2D eigenvalue weighted by molar-refractivity contribution is -0.385. The number of carboxylic acids is 1. The van der Waals surface area contributed by atoms with Crippen molar-refractivity contribution in [1.82, 2.24) is 0 Å². The van der Waals surface area contributed by atoms with Crippen LogP contribution in [0.25, 0.3) is 0 Å². The van der Waals surface area contributed by atoms with E-state index >= 15 is 0 Å². The molecule has 6 nitrogen and oxygen atoms in total. The van der Waals surface area contributed by atoms with E-state index in [2.05, 4.69) is 0 Å². The fourth-order valence-corrected chi connectivity index (χ4v) is 2.10. The summed E-state index contributed by atoms with van der Waals surface area (Å²) in [5.74, 6) is -0.888. The standard InChI is InChI=1S/C12H12ClNO5/c13-8-2-1-3-9(14(17)18)11(8)19-7-12(4-5-12)6-10(15)16/h1-3H,4-7H2,(H,15,16). The minimum Gasteiger partial charge on any atom is -0.485 e. The number of nitro benzene ring substituents is 1. The molecule has 0 spiro atoms. The van der Waals surface area contributed by atoms with Crippen molar-refractivity contribution < 1.29 is 19.6 Å². The van der Waals surface area contributed by atoms with Crippen molar-refractivity contribution >= 4 is 23.3 Å². The number of aliphatic carboxylic acids is 1. The van der Waals surface area contributed by atoms with Gasteiger partial charge in [-0.25, -0.2) is 0 Å². The summed E-state index contributed by atoms with van der Waals surface area (Å²) in [4.78, 5) is 21.0. The highest BCUT2D eigenvalue weighted by Crippen LogP contribution is 2.49.